The molecule has 0 unspecified atom stereocenters. The molecular formula is C15H14N4OS. The molecule has 5 nitrogen and oxygen atoms in total. The largest absolute Gasteiger partial charge is 0.397 e. The van der Waals surface area contributed by atoms with Gasteiger partial charge in [0.2, 0.25) is 0 Å². The average Bonchev–Trinajstić information content (AvgIpc) is 2.90. The van der Waals surface area contributed by atoms with E-state index in [4.69, 9.17) is 5.73 Å². The minimum Gasteiger partial charge on any atom is -0.397 e. The van der Waals surface area contributed by atoms with Gasteiger partial charge in [-0.15, -0.1) is 11.3 Å². The highest BCUT2D eigenvalue weighted by molar-refractivity contribution is 7.18. The highest BCUT2D eigenvalue weighted by Crippen LogP contribution is 2.21. The predicted molar refractivity (Wildman–Crippen MR) is 84.3 cm³/mol. The van der Waals surface area contributed by atoms with E-state index >= 15 is 0 Å². The van der Waals surface area contributed by atoms with E-state index in [2.05, 4.69) is 15.3 Å². The summed E-state index contributed by atoms with van der Waals surface area (Å²) < 4.78 is 1.16. The van der Waals surface area contributed by atoms with E-state index in [9.17, 15) is 4.79 Å². The smallest absolute Gasteiger partial charge is 0.272 e. The summed E-state index contributed by atoms with van der Waals surface area (Å²) in [7, 11) is 0. The summed E-state index contributed by atoms with van der Waals surface area (Å²) in [5.74, 6) is -0.255. The molecule has 3 N–H and O–H groups in total. The van der Waals surface area contributed by atoms with Gasteiger partial charge in [-0.1, -0.05) is 12.1 Å². The zero-order valence-corrected chi connectivity index (χ0v) is 12.1. The van der Waals surface area contributed by atoms with Crippen LogP contribution in [0.1, 0.15) is 15.5 Å². The van der Waals surface area contributed by atoms with E-state index in [-0.39, 0.29) is 11.6 Å². The molecule has 6 heteroatoms. The van der Waals surface area contributed by atoms with Crippen molar-refractivity contribution in [2.75, 3.05) is 12.3 Å². The lowest BCUT2D eigenvalue weighted by Crippen LogP contribution is -2.27. The van der Waals surface area contributed by atoms with E-state index in [0.717, 1.165) is 15.2 Å². The number of nitrogens with zero attached hydrogens (tertiary/aromatic N) is 2. The number of pyridine rings is 1. The third kappa shape index (κ3) is 3.00. The molecule has 0 aliphatic rings. The van der Waals surface area contributed by atoms with Crippen molar-refractivity contribution in [3.8, 4) is 0 Å². The van der Waals surface area contributed by atoms with Crippen LogP contribution in [0.4, 0.5) is 5.69 Å². The number of para-hydroxylation sites is 1. The molecule has 1 aromatic carbocycles. The second-order valence-corrected chi connectivity index (χ2v) is 5.64. The first-order valence-corrected chi connectivity index (χ1v) is 7.39. The highest BCUT2D eigenvalue weighted by atomic mass is 32.1. The Morgan fingerprint density at radius 2 is 2.10 bits per heavy atom. The fraction of sp³-hybridized carbons (Fsp3) is 0.133. The van der Waals surface area contributed by atoms with E-state index < -0.39 is 0 Å². The summed E-state index contributed by atoms with van der Waals surface area (Å²) in [4.78, 5) is 20.5. The highest BCUT2D eigenvalue weighted by Gasteiger charge is 2.10. The molecule has 0 radical (unpaired) electrons. The molecule has 0 aliphatic carbocycles. The van der Waals surface area contributed by atoms with Crippen LogP contribution in [0.2, 0.25) is 0 Å². The van der Waals surface area contributed by atoms with Crippen LogP contribution in [0.3, 0.4) is 0 Å². The van der Waals surface area contributed by atoms with Crippen molar-refractivity contribution in [2.24, 2.45) is 0 Å². The quantitative estimate of drug-likeness (QED) is 0.774. The van der Waals surface area contributed by atoms with Crippen LogP contribution in [0, 0.1) is 0 Å². The number of benzene rings is 1. The van der Waals surface area contributed by atoms with E-state index in [1.807, 2.05) is 24.3 Å². The van der Waals surface area contributed by atoms with E-state index in [1.54, 1.807) is 29.7 Å². The Morgan fingerprint density at radius 1 is 1.24 bits per heavy atom. The van der Waals surface area contributed by atoms with Gasteiger partial charge in [-0.2, -0.15) is 0 Å². The van der Waals surface area contributed by atoms with Crippen molar-refractivity contribution in [3.05, 3.63) is 53.3 Å². The Labute approximate surface area is 125 Å². The van der Waals surface area contributed by atoms with Crippen molar-refractivity contribution in [3.63, 3.8) is 0 Å². The van der Waals surface area contributed by atoms with Crippen LogP contribution in [0.5, 0.6) is 0 Å². The minimum atomic E-state index is -0.255. The number of anilines is 1. The third-order valence-corrected chi connectivity index (χ3v) is 4.11. The average molecular weight is 298 g/mol. The lowest BCUT2D eigenvalue weighted by atomic mass is 10.3. The van der Waals surface area contributed by atoms with Crippen LogP contribution >= 0.6 is 11.3 Å². The Morgan fingerprint density at radius 3 is 2.90 bits per heavy atom. The van der Waals surface area contributed by atoms with Crippen LogP contribution < -0.4 is 11.1 Å². The van der Waals surface area contributed by atoms with Crippen molar-refractivity contribution < 1.29 is 4.79 Å². The Bertz CT molecular complexity index is 751. The van der Waals surface area contributed by atoms with Gasteiger partial charge in [0.25, 0.3) is 5.91 Å². The monoisotopic (exact) mass is 298 g/mol. The molecule has 0 saturated carbocycles. The first-order valence-electron chi connectivity index (χ1n) is 6.57. The van der Waals surface area contributed by atoms with Crippen LogP contribution in [0.25, 0.3) is 10.2 Å². The number of amides is 1. The number of hydrogen-bond acceptors (Lipinski definition) is 5. The number of nitrogen functional groups attached to an aromatic ring is 1. The van der Waals surface area contributed by atoms with Gasteiger partial charge in [0.1, 0.15) is 0 Å². The SMILES string of the molecule is Nc1cccnc1C(=O)NCCc1nc2ccccc2s1. The second kappa shape index (κ2) is 5.88. The Balaban J connectivity index is 1.61. The van der Waals surface area contributed by atoms with Gasteiger partial charge in [-0.25, -0.2) is 9.97 Å². The number of hydrogen-bond donors (Lipinski definition) is 2. The molecule has 1 amide bonds. The fourth-order valence-electron chi connectivity index (χ4n) is 2.00. The molecule has 0 aliphatic heterocycles. The number of carbonyl (C=O) groups excluding carboxylic acids is 1. The zero-order valence-electron chi connectivity index (χ0n) is 11.2. The number of rotatable bonds is 4. The van der Waals surface area contributed by atoms with Crippen molar-refractivity contribution >= 4 is 33.1 Å². The number of aromatic nitrogens is 2. The summed E-state index contributed by atoms with van der Waals surface area (Å²) in [6, 6.07) is 11.4. The lowest BCUT2D eigenvalue weighted by molar-refractivity contribution is 0.0950. The van der Waals surface area contributed by atoms with Crippen LogP contribution in [-0.4, -0.2) is 22.4 Å². The molecule has 3 aromatic rings. The molecule has 0 bridgehead atoms. The van der Waals surface area contributed by atoms with Gasteiger partial charge < -0.3 is 11.1 Å². The topological polar surface area (TPSA) is 80.9 Å². The van der Waals surface area contributed by atoms with Crippen molar-refractivity contribution in [2.45, 2.75) is 6.42 Å². The standard InChI is InChI=1S/C15H14N4OS/c16-10-4-3-8-17-14(10)15(20)18-9-7-13-19-11-5-1-2-6-12(11)21-13/h1-6,8H,7,9,16H2,(H,18,20). The van der Waals surface area contributed by atoms with Gasteiger partial charge in [0, 0.05) is 19.2 Å². The van der Waals surface area contributed by atoms with Gasteiger partial charge in [0.05, 0.1) is 20.9 Å². The molecule has 2 aromatic heterocycles. The summed E-state index contributed by atoms with van der Waals surface area (Å²) in [5.41, 5.74) is 7.37. The number of carbonyl (C=O) groups is 1. The number of fused-ring (bicyclic) bond motifs is 1. The van der Waals surface area contributed by atoms with Crippen LogP contribution in [0.15, 0.2) is 42.6 Å². The Kier molecular flexibility index (Phi) is 3.79. The van der Waals surface area contributed by atoms with Crippen molar-refractivity contribution in [1.29, 1.82) is 0 Å². The first-order chi connectivity index (χ1) is 10.2. The number of nitrogens with one attached hydrogen (secondary N) is 1. The van der Waals surface area contributed by atoms with Crippen molar-refractivity contribution in [1.82, 2.24) is 15.3 Å². The summed E-state index contributed by atoms with van der Waals surface area (Å²) in [6.07, 6.45) is 2.25. The molecule has 0 saturated heterocycles. The lowest BCUT2D eigenvalue weighted by Gasteiger charge is -2.05. The summed E-state index contributed by atoms with van der Waals surface area (Å²) in [5, 5.41) is 3.82. The molecule has 3 rings (SSSR count). The summed E-state index contributed by atoms with van der Waals surface area (Å²) >= 11 is 1.65. The maximum Gasteiger partial charge on any atom is 0.272 e. The van der Waals surface area contributed by atoms with Gasteiger partial charge in [-0.3, -0.25) is 4.79 Å². The normalized spacial score (nSPS) is 10.7. The fourth-order valence-corrected chi connectivity index (χ4v) is 2.97. The molecule has 0 atom stereocenters. The summed E-state index contributed by atoms with van der Waals surface area (Å²) in [6.45, 7) is 0.509. The predicted octanol–water partition coefficient (Wildman–Crippen LogP) is 2.25. The molecule has 0 spiro atoms. The molecule has 106 valence electrons. The van der Waals surface area contributed by atoms with Gasteiger partial charge >= 0.3 is 0 Å². The molecule has 0 fully saturated rings. The zero-order chi connectivity index (χ0) is 14.7. The second-order valence-electron chi connectivity index (χ2n) is 4.52. The molecule has 21 heavy (non-hydrogen) atoms. The maximum absolute atomic E-state index is 12.0. The maximum atomic E-state index is 12.0. The molecular weight excluding hydrogens is 284 g/mol. The number of nitrogens with two attached hydrogens (primary N) is 1. The third-order valence-electron chi connectivity index (χ3n) is 3.02. The van der Waals surface area contributed by atoms with E-state index in [1.165, 1.54) is 0 Å². The van der Waals surface area contributed by atoms with E-state index in [0.29, 0.717) is 18.7 Å². The first kappa shape index (κ1) is 13.5. The Hall–Kier alpha value is -2.47. The van der Waals surface area contributed by atoms with Gasteiger partial charge in [-0.05, 0) is 24.3 Å². The molecule has 2 heterocycles. The number of thiazole rings is 1. The van der Waals surface area contributed by atoms with Gasteiger partial charge in [0.15, 0.2) is 5.69 Å². The minimum absolute atomic E-state index is 0.255. The van der Waals surface area contributed by atoms with Crippen LogP contribution in [-0.2, 0) is 6.42 Å².